The Morgan fingerprint density at radius 2 is 1.64 bits per heavy atom. The van der Waals surface area contributed by atoms with Gasteiger partial charge in [-0.05, 0) is 42.5 Å². The fourth-order valence-corrected chi connectivity index (χ4v) is 4.09. The lowest BCUT2D eigenvalue weighted by molar-refractivity contribution is 0.0469. The molecule has 1 aromatic heterocycles. The summed E-state index contributed by atoms with van der Waals surface area (Å²) in [4.78, 5) is 24.4. The quantitative estimate of drug-likeness (QED) is 0.313. The van der Waals surface area contributed by atoms with Gasteiger partial charge in [-0.1, -0.05) is 30.3 Å². The number of carbonyl (C=O) groups is 2. The smallest absolute Gasteiger partial charge is 0.340 e. The number of hydrogen-bond donors (Lipinski definition) is 1. The highest BCUT2D eigenvalue weighted by Gasteiger charge is 2.22. The number of sulfonamides is 1. The number of Topliss-reactive ketones (excluding diaryl/α,β-unsaturated/α-hetero) is 1. The minimum atomic E-state index is -4.34. The van der Waals surface area contributed by atoms with Crippen LogP contribution in [0.1, 0.15) is 20.9 Å². The third-order valence-electron chi connectivity index (χ3n) is 4.63. The van der Waals surface area contributed by atoms with E-state index in [9.17, 15) is 26.8 Å². The Kier molecular flexibility index (Phi) is 5.93. The van der Waals surface area contributed by atoms with E-state index in [2.05, 4.69) is 4.72 Å². The van der Waals surface area contributed by atoms with Crippen LogP contribution in [-0.2, 0) is 14.8 Å². The van der Waals surface area contributed by atoms with E-state index >= 15 is 0 Å². The highest BCUT2D eigenvalue weighted by Crippen LogP contribution is 2.23. The molecular formula is C23H15F2NO6S. The summed E-state index contributed by atoms with van der Waals surface area (Å²) in [6, 6.07) is 16.1. The summed E-state index contributed by atoms with van der Waals surface area (Å²) >= 11 is 0. The summed E-state index contributed by atoms with van der Waals surface area (Å²) in [5, 5.41) is 0.712. The third-order valence-corrected chi connectivity index (χ3v) is 5.99. The minimum absolute atomic E-state index is 0.0105. The molecule has 0 bridgehead atoms. The van der Waals surface area contributed by atoms with E-state index in [0.29, 0.717) is 23.1 Å². The number of esters is 1. The van der Waals surface area contributed by atoms with Crippen molar-refractivity contribution >= 4 is 38.4 Å². The third kappa shape index (κ3) is 4.75. The molecular weight excluding hydrogens is 456 g/mol. The van der Waals surface area contributed by atoms with Crippen LogP contribution in [0.3, 0.4) is 0 Å². The first kappa shape index (κ1) is 22.2. The van der Waals surface area contributed by atoms with Crippen molar-refractivity contribution < 1.29 is 35.9 Å². The number of ether oxygens (including phenoxy) is 1. The second-order valence-electron chi connectivity index (χ2n) is 6.87. The highest BCUT2D eigenvalue weighted by molar-refractivity contribution is 7.92. The van der Waals surface area contributed by atoms with Gasteiger partial charge >= 0.3 is 5.97 Å². The van der Waals surface area contributed by atoms with Crippen LogP contribution in [0.2, 0.25) is 0 Å². The number of benzene rings is 3. The van der Waals surface area contributed by atoms with E-state index in [1.807, 2.05) is 0 Å². The van der Waals surface area contributed by atoms with Crippen molar-refractivity contribution in [2.24, 2.45) is 0 Å². The summed E-state index contributed by atoms with van der Waals surface area (Å²) < 4.78 is 64.3. The van der Waals surface area contributed by atoms with Crippen LogP contribution < -0.4 is 4.72 Å². The van der Waals surface area contributed by atoms with E-state index in [-0.39, 0.29) is 17.0 Å². The zero-order valence-electron chi connectivity index (χ0n) is 16.7. The molecule has 0 aliphatic carbocycles. The van der Waals surface area contributed by atoms with Crippen molar-refractivity contribution in [3.8, 4) is 0 Å². The molecule has 0 aliphatic heterocycles. The van der Waals surface area contributed by atoms with Crippen molar-refractivity contribution in [2.45, 2.75) is 4.90 Å². The first-order valence-corrected chi connectivity index (χ1v) is 11.0. The summed E-state index contributed by atoms with van der Waals surface area (Å²) in [6.45, 7) is -0.636. The second kappa shape index (κ2) is 8.83. The Balaban J connectivity index is 1.49. The molecule has 0 saturated heterocycles. The van der Waals surface area contributed by atoms with Gasteiger partial charge in [0.1, 0.15) is 5.58 Å². The number of nitrogens with one attached hydrogen (secondary N) is 1. The van der Waals surface area contributed by atoms with Gasteiger partial charge in [-0.25, -0.2) is 22.0 Å². The summed E-state index contributed by atoms with van der Waals surface area (Å²) in [5.74, 6) is -4.08. The van der Waals surface area contributed by atoms with Crippen molar-refractivity contribution in [2.75, 3.05) is 11.3 Å². The summed E-state index contributed by atoms with van der Waals surface area (Å²) in [5.41, 5.74) is 0.161. The molecule has 10 heteroatoms. The largest absolute Gasteiger partial charge is 0.453 e. The van der Waals surface area contributed by atoms with E-state index in [0.717, 1.165) is 6.07 Å². The van der Waals surface area contributed by atoms with Crippen molar-refractivity contribution in [1.29, 1.82) is 0 Å². The van der Waals surface area contributed by atoms with Gasteiger partial charge in [-0.2, -0.15) is 0 Å². The predicted molar refractivity (Wildman–Crippen MR) is 114 cm³/mol. The molecule has 33 heavy (non-hydrogen) atoms. The van der Waals surface area contributed by atoms with Gasteiger partial charge in [0.2, 0.25) is 5.78 Å². The molecule has 1 heterocycles. The fraction of sp³-hybridized carbons (Fsp3) is 0.0435. The maximum Gasteiger partial charge on any atom is 0.340 e. The number of anilines is 1. The van der Waals surface area contributed by atoms with Crippen molar-refractivity contribution in [1.82, 2.24) is 0 Å². The topological polar surface area (TPSA) is 103 Å². The molecule has 3 aromatic carbocycles. The van der Waals surface area contributed by atoms with E-state index in [4.69, 9.17) is 9.15 Å². The van der Waals surface area contributed by atoms with Gasteiger partial charge in [0, 0.05) is 5.39 Å². The average Bonchev–Trinajstić information content (AvgIpc) is 3.23. The first-order chi connectivity index (χ1) is 15.7. The van der Waals surface area contributed by atoms with Crippen molar-refractivity contribution in [3.63, 3.8) is 0 Å². The van der Waals surface area contributed by atoms with Crippen LogP contribution >= 0.6 is 0 Å². The first-order valence-electron chi connectivity index (χ1n) is 9.50. The molecule has 0 saturated carbocycles. The Bertz CT molecular complexity index is 1450. The van der Waals surface area contributed by atoms with Crippen LogP contribution in [0, 0.1) is 11.6 Å². The molecule has 0 amide bonds. The summed E-state index contributed by atoms with van der Waals surface area (Å²) in [6.07, 6.45) is 0. The molecule has 0 unspecified atom stereocenters. The van der Waals surface area contributed by atoms with Gasteiger partial charge < -0.3 is 9.15 Å². The molecule has 0 radical (unpaired) electrons. The molecule has 0 spiro atoms. The maximum absolute atomic E-state index is 13.5. The number of fused-ring (bicyclic) bond motifs is 1. The second-order valence-corrected chi connectivity index (χ2v) is 8.56. The lowest BCUT2D eigenvalue weighted by Gasteiger charge is -2.12. The van der Waals surface area contributed by atoms with Crippen molar-refractivity contribution in [3.05, 3.63) is 95.8 Å². The van der Waals surface area contributed by atoms with Gasteiger partial charge in [-0.3, -0.25) is 9.52 Å². The van der Waals surface area contributed by atoms with Gasteiger partial charge in [0.15, 0.2) is 24.0 Å². The minimum Gasteiger partial charge on any atom is -0.453 e. The number of hydrogen-bond acceptors (Lipinski definition) is 6. The normalized spacial score (nSPS) is 11.3. The molecule has 4 rings (SSSR count). The standard InChI is InChI=1S/C23H15F2NO6S/c24-17-10-9-15(12-18(17)25)33(29,30)26-19-7-3-2-6-16(19)23(28)31-13-20(27)22-11-14-5-1-4-8-21(14)32-22/h1-12,26H,13H2. The average molecular weight is 471 g/mol. The SMILES string of the molecule is O=C(COC(=O)c1ccccc1NS(=O)(=O)c1ccc(F)c(F)c1)c1cc2ccccc2o1. The van der Waals surface area contributed by atoms with E-state index in [1.165, 1.54) is 30.3 Å². The molecule has 1 N–H and O–H groups in total. The van der Waals surface area contributed by atoms with Gasteiger partial charge in [0.05, 0.1) is 16.1 Å². The maximum atomic E-state index is 13.5. The molecule has 4 aromatic rings. The number of para-hydroxylation sites is 2. The zero-order valence-corrected chi connectivity index (χ0v) is 17.6. The number of rotatable bonds is 7. The number of carbonyl (C=O) groups excluding carboxylic acids is 2. The Morgan fingerprint density at radius 1 is 0.909 bits per heavy atom. The Hall–Kier alpha value is -4.05. The zero-order chi connectivity index (χ0) is 23.6. The fourth-order valence-electron chi connectivity index (χ4n) is 3.00. The van der Waals surface area contributed by atoms with Crippen LogP contribution in [0.15, 0.2) is 82.1 Å². The number of furan rings is 1. The molecule has 0 atom stereocenters. The Morgan fingerprint density at radius 3 is 2.39 bits per heavy atom. The van der Waals surface area contributed by atoms with Crippen LogP contribution in [0.4, 0.5) is 14.5 Å². The highest BCUT2D eigenvalue weighted by atomic mass is 32.2. The molecule has 168 valence electrons. The van der Waals surface area contributed by atoms with Gasteiger partial charge in [0.25, 0.3) is 10.0 Å². The Labute approximate surface area is 186 Å². The number of halogens is 2. The van der Waals surface area contributed by atoms with E-state index in [1.54, 1.807) is 24.3 Å². The molecule has 0 fully saturated rings. The van der Waals surface area contributed by atoms with Gasteiger partial charge in [-0.15, -0.1) is 0 Å². The lowest BCUT2D eigenvalue weighted by Crippen LogP contribution is -2.18. The lowest BCUT2D eigenvalue weighted by atomic mass is 10.2. The van der Waals surface area contributed by atoms with Crippen LogP contribution in [0.25, 0.3) is 11.0 Å². The molecule has 7 nitrogen and oxygen atoms in total. The van der Waals surface area contributed by atoms with Crippen LogP contribution in [-0.4, -0.2) is 26.8 Å². The molecule has 0 aliphatic rings. The van der Waals surface area contributed by atoms with Crippen LogP contribution in [0.5, 0.6) is 0 Å². The summed E-state index contributed by atoms with van der Waals surface area (Å²) in [7, 11) is -4.34. The predicted octanol–water partition coefficient (Wildman–Crippen LogP) is 4.55. The number of ketones is 1. The van der Waals surface area contributed by atoms with E-state index < -0.39 is 44.9 Å². The monoisotopic (exact) mass is 471 g/mol.